The van der Waals surface area contributed by atoms with Crippen LogP contribution in [0.5, 0.6) is 0 Å². The molecule has 1 heterocycles. The van der Waals surface area contributed by atoms with E-state index in [4.69, 9.17) is 5.73 Å². The summed E-state index contributed by atoms with van der Waals surface area (Å²) in [4.78, 5) is 12.8. The molecule has 0 saturated carbocycles. The molecule has 0 aliphatic carbocycles. The van der Waals surface area contributed by atoms with Crippen molar-refractivity contribution in [3.8, 4) is 0 Å². The molecule has 1 fully saturated rings. The molecule has 4 heteroatoms. The molecular formula is C9H18N2O2. The molecule has 4 nitrogen and oxygen atoms in total. The van der Waals surface area contributed by atoms with E-state index in [1.165, 1.54) is 0 Å². The van der Waals surface area contributed by atoms with Crippen molar-refractivity contribution in [1.29, 1.82) is 0 Å². The summed E-state index contributed by atoms with van der Waals surface area (Å²) in [7, 11) is 0. The van der Waals surface area contributed by atoms with E-state index in [0.717, 1.165) is 0 Å². The van der Waals surface area contributed by atoms with Gasteiger partial charge in [-0.2, -0.15) is 0 Å². The molecule has 1 aliphatic rings. The van der Waals surface area contributed by atoms with Crippen molar-refractivity contribution in [1.82, 2.24) is 4.90 Å². The van der Waals surface area contributed by atoms with Gasteiger partial charge in [-0.05, 0) is 12.8 Å². The first-order valence-electron chi connectivity index (χ1n) is 4.61. The molecule has 2 unspecified atom stereocenters. The maximum Gasteiger partial charge on any atom is 0.241 e. The summed E-state index contributed by atoms with van der Waals surface area (Å²) in [6, 6.07) is -0.344. The van der Waals surface area contributed by atoms with E-state index >= 15 is 0 Å². The van der Waals surface area contributed by atoms with Crippen molar-refractivity contribution >= 4 is 5.91 Å². The van der Waals surface area contributed by atoms with Crippen LogP contribution in [0.25, 0.3) is 0 Å². The standard InChI is InChI=1S/C9H18N2O2/c1-6(2)9(3,13)5-11-4-7(10)8(11)12/h6-7,13H,4-5,10H2,1-3H3. The minimum Gasteiger partial charge on any atom is -0.388 e. The van der Waals surface area contributed by atoms with Gasteiger partial charge in [0.05, 0.1) is 5.60 Å². The molecule has 0 radical (unpaired) electrons. The second-order valence-corrected chi connectivity index (χ2v) is 4.34. The topological polar surface area (TPSA) is 66.6 Å². The zero-order valence-electron chi connectivity index (χ0n) is 8.45. The van der Waals surface area contributed by atoms with Crippen LogP contribution in [0.4, 0.5) is 0 Å². The smallest absolute Gasteiger partial charge is 0.241 e. The highest BCUT2D eigenvalue weighted by molar-refractivity contribution is 5.87. The summed E-state index contributed by atoms with van der Waals surface area (Å²) < 4.78 is 0. The molecule has 0 aromatic rings. The molecule has 1 rings (SSSR count). The Morgan fingerprint density at radius 2 is 2.31 bits per heavy atom. The molecule has 2 atom stereocenters. The Hall–Kier alpha value is -0.610. The van der Waals surface area contributed by atoms with Crippen LogP contribution in [0.1, 0.15) is 20.8 Å². The van der Waals surface area contributed by atoms with Crippen LogP contribution >= 0.6 is 0 Å². The highest BCUT2D eigenvalue weighted by atomic mass is 16.3. The van der Waals surface area contributed by atoms with Gasteiger partial charge in [0.1, 0.15) is 6.04 Å². The molecule has 1 aliphatic heterocycles. The number of hydrogen-bond donors (Lipinski definition) is 2. The van der Waals surface area contributed by atoms with Crippen molar-refractivity contribution in [2.45, 2.75) is 32.4 Å². The predicted octanol–water partition coefficient (Wildman–Crippen LogP) is -0.437. The number of β-lactam (4-membered cyclic amide) rings is 1. The summed E-state index contributed by atoms with van der Waals surface area (Å²) >= 11 is 0. The molecule has 0 bridgehead atoms. The number of hydrogen-bond acceptors (Lipinski definition) is 3. The average molecular weight is 186 g/mol. The minimum atomic E-state index is -0.810. The summed E-state index contributed by atoms with van der Waals surface area (Å²) in [5.41, 5.74) is 4.62. The van der Waals surface area contributed by atoms with Crippen LogP contribution in [0.3, 0.4) is 0 Å². The van der Waals surface area contributed by atoms with Gasteiger partial charge >= 0.3 is 0 Å². The highest BCUT2D eigenvalue weighted by Gasteiger charge is 2.38. The van der Waals surface area contributed by atoms with Gasteiger partial charge in [-0.25, -0.2) is 0 Å². The molecule has 0 spiro atoms. The molecule has 3 N–H and O–H groups in total. The second-order valence-electron chi connectivity index (χ2n) is 4.34. The first-order valence-corrected chi connectivity index (χ1v) is 4.61. The number of aliphatic hydroxyl groups is 1. The third-order valence-electron chi connectivity index (χ3n) is 2.80. The zero-order chi connectivity index (χ0) is 10.2. The number of carbonyl (C=O) groups excluding carboxylic acids is 1. The van der Waals surface area contributed by atoms with E-state index in [2.05, 4.69) is 0 Å². The van der Waals surface area contributed by atoms with Crippen molar-refractivity contribution in [3.05, 3.63) is 0 Å². The quantitative estimate of drug-likeness (QED) is 0.587. The van der Waals surface area contributed by atoms with Gasteiger partial charge in [0.2, 0.25) is 5.91 Å². The summed E-state index contributed by atoms with van der Waals surface area (Å²) in [6.07, 6.45) is 0. The van der Waals surface area contributed by atoms with Gasteiger partial charge in [-0.3, -0.25) is 4.79 Å². The Balaban J connectivity index is 2.46. The number of carbonyl (C=O) groups is 1. The normalized spacial score (nSPS) is 27.4. The molecule has 76 valence electrons. The SMILES string of the molecule is CC(C)C(C)(O)CN1CC(N)C1=O. The van der Waals surface area contributed by atoms with Crippen LogP contribution in [0.2, 0.25) is 0 Å². The summed E-state index contributed by atoms with van der Waals surface area (Å²) in [6.45, 7) is 6.57. The second kappa shape index (κ2) is 3.27. The summed E-state index contributed by atoms with van der Waals surface area (Å²) in [5.74, 6) is 0.0815. The van der Waals surface area contributed by atoms with Crippen molar-refractivity contribution in [2.75, 3.05) is 13.1 Å². The molecule has 1 amide bonds. The number of β-amino-alcohol motifs (C(OH)–C–C–N with tert-alkyl or cyclic N) is 1. The van der Waals surface area contributed by atoms with E-state index in [1.54, 1.807) is 11.8 Å². The van der Waals surface area contributed by atoms with E-state index in [1.807, 2.05) is 13.8 Å². The van der Waals surface area contributed by atoms with E-state index in [0.29, 0.717) is 13.1 Å². The lowest BCUT2D eigenvalue weighted by Gasteiger charge is -2.41. The van der Waals surface area contributed by atoms with Crippen LogP contribution in [-0.2, 0) is 4.79 Å². The molecule has 13 heavy (non-hydrogen) atoms. The first kappa shape index (κ1) is 10.5. The lowest BCUT2D eigenvalue weighted by atomic mass is 9.90. The molecular weight excluding hydrogens is 168 g/mol. The van der Waals surface area contributed by atoms with Gasteiger partial charge < -0.3 is 15.7 Å². The number of nitrogens with zero attached hydrogens (tertiary/aromatic N) is 1. The van der Waals surface area contributed by atoms with Crippen LogP contribution in [-0.4, -0.2) is 40.6 Å². The predicted molar refractivity (Wildman–Crippen MR) is 50.0 cm³/mol. The highest BCUT2D eigenvalue weighted by Crippen LogP contribution is 2.20. The maximum atomic E-state index is 11.2. The fraction of sp³-hybridized carbons (Fsp3) is 0.889. The molecule has 1 saturated heterocycles. The summed E-state index contributed by atoms with van der Waals surface area (Å²) in [5, 5.41) is 9.90. The van der Waals surface area contributed by atoms with Crippen molar-refractivity contribution in [3.63, 3.8) is 0 Å². The Labute approximate surface area is 78.7 Å². The lowest BCUT2D eigenvalue weighted by molar-refractivity contribution is -0.148. The molecule has 0 aromatic carbocycles. The third kappa shape index (κ3) is 2.00. The van der Waals surface area contributed by atoms with Gasteiger partial charge in [0, 0.05) is 13.1 Å². The van der Waals surface area contributed by atoms with Gasteiger partial charge in [-0.15, -0.1) is 0 Å². The molecule has 0 aromatic heterocycles. The van der Waals surface area contributed by atoms with Crippen LogP contribution in [0.15, 0.2) is 0 Å². The Morgan fingerprint density at radius 1 is 1.77 bits per heavy atom. The fourth-order valence-electron chi connectivity index (χ4n) is 1.24. The average Bonchev–Trinajstić information content (AvgIpc) is 2.03. The van der Waals surface area contributed by atoms with E-state index in [9.17, 15) is 9.90 Å². The maximum absolute atomic E-state index is 11.2. The van der Waals surface area contributed by atoms with E-state index in [-0.39, 0.29) is 17.9 Å². The van der Waals surface area contributed by atoms with Crippen LogP contribution < -0.4 is 5.73 Å². The third-order valence-corrected chi connectivity index (χ3v) is 2.80. The largest absolute Gasteiger partial charge is 0.388 e. The number of rotatable bonds is 3. The number of amides is 1. The van der Waals surface area contributed by atoms with E-state index < -0.39 is 5.60 Å². The first-order chi connectivity index (χ1) is 5.84. The van der Waals surface area contributed by atoms with Gasteiger partial charge in [-0.1, -0.05) is 13.8 Å². The number of nitrogens with two attached hydrogens (primary N) is 1. The minimum absolute atomic E-state index is 0.0547. The Bertz CT molecular complexity index is 214. The number of likely N-dealkylation sites (tertiary alicyclic amines) is 1. The van der Waals surface area contributed by atoms with Gasteiger partial charge in [0.25, 0.3) is 0 Å². The Morgan fingerprint density at radius 3 is 2.62 bits per heavy atom. The van der Waals surface area contributed by atoms with Crippen LogP contribution in [0, 0.1) is 5.92 Å². The lowest BCUT2D eigenvalue weighted by Crippen LogP contribution is -2.64. The van der Waals surface area contributed by atoms with Gasteiger partial charge in [0.15, 0.2) is 0 Å². The fourth-order valence-corrected chi connectivity index (χ4v) is 1.24. The Kier molecular flexibility index (Phi) is 2.63. The van der Waals surface area contributed by atoms with Crippen molar-refractivity contribution < 1.29 is 9.90 Å². The monoisotopic (exact) mass is 186 g/mol. The van der Waals surface area contributed by atoms with Crippen molar-refractivity contribution in [2.24, 2.45) is 11.7 Å². The zero-order valence-corrected chi connectivity index (χ0v) is 8.45.